The van der Waals surface area contributed by atoms with Crippen LogP contribution in [0.4, 0.5) is 0 Å². The number of hydrogen-bond donors (Lipinski definition) is 2. The Balaban J connectivity index is 1.96. The number of rotatable bonds is 5. The molecule has 1 aliphatic heterocycles. The first kappa shape index (κ1) is 18.2. The Bertz CT molecular complexity index is 927. The maximum absolute atomic E-state index is 12.6. The molecule has 2 aromatic carbocycles. The van der Waals surface area contributed by atoms with Crippen LogP contribution >= 0.6 is 0 Å². The van der Waals surface area contributed by atoms with Crippen molar-refractivity contribution < 1.29 is 18.3 Å². The summed E-state index contributed by atoms with van der Waals surface area (Å²) in [5.74, 6) is -0.499. The fourth-order valence-electron chi connectivity index (χ4n) is 3.00. The van der Waals surface area contributed by atoms with Crippen LogP contribution in [0.2, 0.25) is 0 Å². The van der Waals surface area contributed by atoms with Crippen LogP contribution in [-0.4, -0.2) is 36.8 Å². The van der Waals surface area contributed by atoms with E-state index in [-0.39, 0.29) is 10.6 Å². The highest BCUT2D eigenvalue weighted by Gasteiger charge is 2.27. The maximum Gasteiger partial charge on any atom is 0.243 e. The number of amides is 1. The van der Waals surface area contributed by atoms with Gasteiger partial charge in [0.25, 0.3) is 0 Å². The summed E-state index contributed by atoms with van der Waals surface area (Å²) in [4.78, 5) is 11.6. The number of nitrogens with two attached hydrogens (primary N) is 1. The van der Waals surface area contributed by atoms with E-state index in [0.29, 0.717) is 29.8 Å². The van der Waals surface area contributed by atoms with Crippen molar-refractivity contribution in [1.82, 2.24) is 4.31 Å². The summed E-state index contributed by atoms with van der Waals surface area (Å²) in [6.45, 7) is 1.09. The van der Waals surface area contributed by atoms with Gasteiger partial charge < -0.3 is 10.8 Å². The van der Waals surface area contributed by atoms with E-state index in [1.807, 2.05) is 0 Å². The maximum atomic E-state index is 12.6. The van der Waals surface area contributed by atoms with Gasteiger partial charge in [-0.1, -0.05) is 24.3 Å². The average Bonchev–Trinajstić information content (AvgIpc) is 3.16. The lowest BCUT2D eigenvalue weighted by atomic mass is 9.97. The van der Waals surface area contributed by atoms with Crippen LogP contribution in [0.25, 0.3) is 5.57 Å². The molecule has 136 valence electrons. The summed E-state index contributed by atoms with van der Waals surface area (Å²) in [7, 11) is -3.49. The molecule has 1 fully saturated rings. The number of sulfonamides is 1. The zero-order chi connectivity index (χ0) is 18.7. The highest BCUT2D eigenvalue weighted by Crippen LogP contribution is 2.27. The molecule has 0 bridgehead atoms. The Morgan fingerprint density at radius 3 is 1.96 bits per heavy atom. The van der Waals surface area contributed by atoms with Gasteiger partial charge in [-0.25, -0.2) is 8.42 Å². The van der Waals surface area contributed by atoms with Crippen LogP contribution in [0.1, 0.15) is 24.0 Å². The minimum absolute atomic E-state index is 0.110. The van der Waals surface area contributed by atoms with Gasteiger partial charge in [0.1, 0.15) is 5.75 Å². The highest BCUT2D eigenvalue weighted by atomic mass is 32.2. The Morgan fingerprint density at radius 2 is 1.46 bits per heavy atom. The zero-order valence-corrected chi connectivity index (χ0v) is 14.9. The molecule has 0 radical (unpaired) electrons. The normalized spacial score (nSPS) is 15.9. The highest BCUT2D eigenvalue weighted by molar-refractivity contribution is 7.89. The van der Waals surface area contributed by atoms with E-state index in [0.717, 1.165) is 12.8 Å². The SMILES string of the molecule is NC(=O)C=C(c1ccc(O)cc1)c1ccc(S(=O)(=O)N2CCCC2)cc1. The van der Waals surface area contributed by atoms with Crippen LogP contribution in [0.15, 0.2) is 59.5 Å². The van der Waals surface area contributed by atoms with Gasteiger partial charge in [-0.15, -0.1) is 0 Å². The molecule has 0 atom stereocenters. The van der Waals surface area contributed by atoms with Gasteiger partial charge in [-0.2, -0.15) is 4.31 Å². The first-order chi connectivity index (χ1) is 12.4. The molecule has 1 aliphatic rings. The fourth-order valence-corrected chi connectivity index (χ4v) is 4.52. The van der Waals surface area contributed by atoms with Crippen LogP contribution in [0, 0.1) is 0 Å². The number of benzene rings is 2. The summed E-state index contributed by atoms with van der Waals surface area (Å²) in [5.41, 5.74) is 7.22. The van der Waals surface area contributed by atoms with Crippen LogP contribution in [0.3, 0.4) is 0 Å². The van der Waals surface area contributed by atoms with E-state index >= 15 is 0 Å². The molecular weight excluding hydrogens is 352 g/mol. The van der Waals surface area contributed by atoms with E-state index in [1.165, 1.54) is 34.6 Å². The van der Waals surface area contributed by atoms with E-state index in [9.17, 15) is 18.3 Å². The van der Waals surface area contributed by atoms with Crippen LogP contribution in [0.5, 0.6) is 5.75 Å². The van der Waals surface area contributed by atoms with Crippen LogP contribution < -0.4 is 5.73 Å². The molecule has 0 aromatic heterocycles. The van der Waals surface area contributed by atoms with Crippen molar-refractivity contribution in [2.75, 3.05) is 13.1 Å². The molecule has 3 N–H and O–H groups in total. The van der Waals surface area contributed by atoms with Crippen molar-refractivity contribution in [3.05, 3.63) is 65.7 Å². The molecule has 1 heterocycles. The predicted molar refractivity (Wildman–Crippen MR) is 98.8 cm³/mol. The van der Waals surface area contributed by atoms with Crippen molar-refractivity contribution in [2.45, 2.75) is 17.7 Å². The summed E-state index contributed by atoms with van der Waals surface area (Å²) in [5, 5.41) is 9.44. The third-order valence-corrected chi connectivity index (χ3v) is 6.25. The molecule has 2 aromatic rings. The summed E-state index contributed by atoms with van der Waals surface area (Å²) < 4.78 is 26.7. The molecule has 1 saturated heterocycles. The van der Waals surface area contributed by atoms with Gasteiger partial charge in [0.15, 0.2) is 0 Å². The van der Waals surface area contributed by atoms with Crippen molar-refractivity contribution >= 4 is 21.5 Å². The van der Waals surface area contributed by atoms with Gasteiger partial charge >= 0.3 is 0 Å². The van der Waals surface area contributed by atoms with E-state index < -0.39 is 15.9 Å². The second kappa shape index (κ2) is 7.31. The Hall–Kier alpha value is -2.64. The lowest BCUT2D eigenvalue weighted by Crippen LogP contribution is -2.27. The number of aromatic hydroxyl groups is 1. The second-order valence-corrected chi connectivity index (χ2v) is 8.08. The lowest BCUT2D eigenvalue weighted by Gasteiger charge is -2.16. The number of hydrogen-bond acceptors (Lipinski definition) is 4. The largest absolute Gasteiger partial charge is 0.508 e. The van der Waals surface area contributed by atoms with E-state index in [4.69, 9.17) is 5.73 Å². The van der Waals surface area contributed by atoms with Gasteiger partial charge in [0, 0.05) is 19.2 Å². The predicted octanol–water partition coefficient (Wildman–Crippen LogP) is 2.09. The quantitative estimate of drug-likeness (QED) is 0.785. The molecular formula is C19H20N2O4S. The standard InChI is InChI=1S/C19H20N2O4S/c20-19(23)13-18(14-3-7-16(22)8-4-14)15-5-9-17(10-6-15)26(24,25)21-11-1-2-12-21/h3-10,13,22H,1-2,11-12H2,(H2,20,23). The van der Waals surface area contributed by atoms with E-state index in [2.05, 4.69) is 0 Å². The minimum Gasteiger partial charge on any atom is -0.508 e. The molecule has 7 heteroatoms. The van der Waals surface area contributed by atoms with Gasteiger partial charge in [0.05, 0.1) is 4.90 Å². The van der Waals surface area contributed by atoms with Gasteiger partial charge in [-0.3, -0.25) is 4.79 Å². The second-order valence-electron chi connectivity index (χ2n) is 6.14. The first-order valence-corrected chi connectivity index (χ1v) is 9.73. The number of primary amides is 1. The van der Waals surface area contributed by atoms with Crippen LogP contribution in [-0.2, 0) is 14.8 Å². The number of carbonyl (C=O) groups is 1. The number of nitrogens with zero attached hydrogens (tertiary/aromatic N) is 1. The first-order valence-electron chi connectivity index (χ1n) is 8.29. The molecule has 0 spiro atoms. The molecule has 0 aliphatic carbocycles. The Morgan fingerprint density at radius 1 is 0.962 bits per heavy atom. The third-order valence-electron chi connectivity index (χ3n) is 4.33. The average molecular weight is 372 g/mol. The molecule has 0 saturated carbocycles. The van der Waals surface area contributed by atoms with Crippen molar-refractivity contribution in [2.24, 2.45) is 5.73 Å². The third kappa shape index (κ3) is 3.79. The van der Waals surface area contributed by atoms with Crippen molar-refractivity contribution in [3.63, 3.8) is 0 Å². The van der Waals surface area contributed by atoms with E-state index in [1.54, 1.807) is 24.3 Å². The number of phenols is 1. The monoisotopic (exact) mass is 372 g/mol. The molecule has 3 rings (SSSR count). The van der Waals surface area contributed by atoms with Gasteiger partial charge in [0.2, 0.25) is 15.9 Å². The smallest absolute Gasteiger partial charge is 0.243 e. The molecule has 1 amide bonds. The fraction of sp³-hybridized carbons (Fsp3) is 0.211. The zero-order valence-electron chi connectivity index (χ0n) is 14.1. The van der Waals surface area contributed by atoms with Crippen molar-refractivity contribution in [3.8, 4) is 5.75 Å². The Kier molecular flexibility index (Phi) is 5.11. The lowest BCUT2D eigenvalue weighted by molar-refractivity contribution is -0.113. The topological polar surface area (TPSA) is 101 Å². The summed E-state index contributed by atoms with van der Waals surface area (Å²) in [6, 6.07) is 12.7. The minimum atomic E-state index is -3.49. The molecule has 26 heavy (non-hydrogen) atoms. The number of carbonyl (C=O) groups excluding carboxylic acids is 1. The molecule has 0 unspecified atom stereocenters. The van der Waals surface area contributed by atoms with Gasteiger partial charge in [-0.05, 0) is 53.8 Å². The molecule has 6 nitrogen and oxygen atoms in total. The number of phenolic OH excluding ortho intramolecular Hbond substituents is 1. The Labute approximate surface area is 152 Å². The summed E-state index contributed by atoms with van der Waals surface area (Å²) >= 11 is 0. The summed E-state index contributed by atoms with van der Waals surface area (Å²) in [6.07, 6.45) is 3.05. The van der Waals surface area contributed by atoms with Crippen molar-refractivity contribution in [1.29, 1.82) is 0 Å².